The number of carbonyl (C=O) groups is 1. The first-order valence-electron chi connectivity index (χ1n) is 9.09. The minimum Gasteiger partial charge on any atom is -0.339 e. The van der Waals surface area contributed by atoms with Crippen LogP contribution < -0.4 is 0 Å². The third kappa shape index (κ3) is 4.04. The molecule has 30 heavy (non-hydrogen) atoms. The van der Waals surface area contributed by atoms with Crippen LogP contribution in [0.4, 0.5) is 0 Å². The predicted octanol–water partition coefficient (Wildman–Crippen LogP) is 2.19. The highest BCUT2D eigenvalue weighted by atomic mass is 32.2. The maximum Gasteiger partial charge on any atom is 0.244 e. The molecule has 1 fully saturated rings. The fourth-order valence-electron chi connectivity index (χ4n) is 3.20. The van der Waals surface area contributed by atoms with Gasteiger partial charge in [0.1, 0.15) is 22.3 Å². The standard InChI is InChI=1S/C19H17N5O3S3/c20-11-14-3-1-2-4-16(14)30(26,27)24-8-6-23(7-9-24)17(25)12-29-19-15-5-10-28-18(15)21-13-22-19/h1-5,10,13H,6-9,12H2. The van der Waals surface area contributed by atoms with Gasteiger partial charge < -0.3 is 4.90 Å². The summed E-state index contributed by atoms with van der Waals surface area (Å²) in [6.07, 6.45) is 1.49. The Kier molecular flexibility index (Phi) is 6.01. The van der Waals surface area contributed by atoms with Gasteiger partial charge in [-0.15, -0.1) is 11.3 Å². The van der Waals surface area contributed by atoms with Gasteiger partial charge in [0, 0.05) is 31.6 Å². The van der Waals surface area contributed by atoms with Crippen molar-refractivity contribution < 1.29 is 13.2 Å². The van der Waals surface area contributed by atoms with Gasteiger partial charge in [-0.05, 0) is 23.6 Å². The van der Waals surface area contributed by atoms with Gasteiger partial charge in [-0.2, -0.15) is 9.57 Å². The number of carbonyl (C=O) groups excluding carboxylic acids is 1. The molecule has 8 nitrogen and oxygen atoms in total. The molecule has 0 bridgehead atoms. The summed E-state index contributed by atoms with van der Waals surface area (Å²) < 4.78 is 27.1. The van der Waals surface area contributed by atoms with E-state index < -0.39 is 10.0 Å². The van der Waals surface area contributed by atoms with Gasteiger partial charge in [-0.1, -0.05) is 23.9 Å². The van der Waals surface area contributed by atoms with Gasteiger partial charge in [0.05, 0.1) is 16.2 Å². The summed E-state index contributed by atoms with van der Waals surface area (Å²) in [5.41, 5.74) is 0.122. The van der Waals surface area contributed by atoms with Crippen molar-refractivity contribution in [1.29, 1.82) is 5.26 Å². The van der Waals surface area contributed by atoms with Crippen molar-refractivity contribution in [1.82, 2.24) is 19.2 Å². The zero-order valence-electron chi connectivity index (χ0n) is 15.8. The summed E-state index contributed by atoms with van der Waals surface area (Å²) in [6.45, 7) is 1.01. The maximum absolute atomic E-state index is 12.9. The Morgan fingerprint density at radius 2 is 1.93 bits per heavy atom. The first-order chi connectivity index (χ1) is 14.5. The zero-order chi connectivity index (χ0) is 21.1. The van der Waals surface area contributed by atoms with E-state index in [4.69, 9.17) is 0 Å². The van der Waals surface area contributed by atoms with Crippen LogP contribution >= 0.6 is 23.1 Å². The van der Waals surface area contributed by atoms with Gasteiger partial charge in [-0.25, -0.2) is 18.4 Å². The SMILES string of the molecule is N#Cc1ccccc1S(=O)(=O)N1CCN(C(=O)CSc2ncnc3sccc23)CC1. The minimum absolute atomic E-state index is 0.00590. The Balaban J connectivity index is 1.38. The van der Waals surface area contributed by atoms with E-state index in [0.29, 0.717) is 13.1 Å². The summed E-state index contributed by atoms with van der Waals surface area (Å²) in [6, 6.07) is 10.0. The molecule has 0 N–H and O–H groups in total. The minimum atomic E-state index is -3.78. The van der Waals surface area contributed by atoms with Crippen LogP contribution in [0.2, 0.25) is 0 Å². The molecule has 1 aliphatic heterocycles. The molecule has 1 aliphatic rings. The average Bonchev–Trinajstić information content (AvgIpc) is 3.27. The molecule has 154 valence electrons. The number of nitrogens with zero attached hydrogens (tertiary/aromatic N) is 5. The number of sulfonamides is 1. The Bertz CT molecular complexity index is 1230. The number of fused-ring (bicyclic) bond motifs is 1. The van der Waals surface area contributed by atoms with E-state index in [1.807, 2.05) is 17.5 Å². The van der Waals surface area contributed by atoms with Crippen molar-refractivity contribution >= 4 is 49.2 Å². The fraction of sp³-hybridized carbons (Fsp3) is 0.263. The van der Waals surface area contributed by atoms with Gasteiger partial charge in [0.25, 0.3) is 0 Å². The number of aromatic nitrogens is 2. The smallest absolute Gasteiger partial charge is 0.244 e. The Labute approximate surface area is 182 Å². The molecule has 0 unspecified atom stereocenters. The van der Waals surface area contributed by atoms with Gasteiger partial charge in [-0.3, -0.25) is 4.79 Å². The molecule has 0 atom stereocenters. The molecule has 0 radical (unpaired) electrons. The molecule has 1 aromatic carbocycles. The van der Waals surface area contributed by atoms with E-state index >= 15 is 0 Å². The number of amides is 1. The fourth-order valence-corrected chi connectivity index (χ4v) is 6.45. The Morgan fingerprint density at radius 1 is 1.17 bits per heavy atom. The largest absolute Gasteiger partial charge is 0.339 e. The lowest BCUT2D eigenvalue weighted by Crippen LogP contribution is -2.51. The molecule has 11 heteroatoms. The third-order valence-corrected chi connectivity index (χ3v) is 8.54. The Hall–Kier alpha value is -2.52. The summed E-state index contributed by atoms with van der Waals surface area (Å²) >= 11 is 2.89. The second-order valence-corrected chi connectivity index (χ2v) is 10.3. The van der Waals surface area contributed by atoms with E-state index in [-0.39, 0.29) is 35.2 Å². The molecule has 0 saturated carbocycles. The zero-order valence-corrected chi connectivity index (χ0v) is 18.2. The first kappa shape index (κ1) is 20.7. The number of hydrogen-bond donors (Lipinski definition) is 0. The van der Waals surface area contributed by atoms with Crippen molar-refractivity contribution in [3.05, 3.63) is 47.6 Å². The summed E-state index contributed by atoms with van der Waals surface area (Å²) in [4.78, 5) is 23.7. The van der Waals surface area contributed by atoms with Crippen molar-refractivity contribution in [3.8, 4) is 6.07 Å². The van der Waals surface area contributed by atoms with Crippen LogP contribution in [0.15, 0.2) is 52.0 Å². The van der Waals surface area contributed by atoms with E-state index in [1.165, 1.54) is 45.9 Å². The van der Waals surface area contributed by atoms with Crippen molar-refractivity contribution in [2.45, 2.75) is 9.92 Å². The number of hydrogen-bond acceptors (Lipinski definition) is 8. The average molecular weight is 460 g/mol. The topological polar surface area (TPSA) is 107 Å². The molecule has 3 aromatic rings. The van der Waals surface area contributed by atoms with Crippen LogP contribution in [0.3, 0.4) is 0 Å². The van der Waals surface area contributed by atoms with Crippen LogP contribution in [0.1, 0.15) is 5.56 Å². The maximum atomic E-state index is 12.9. The number of thioether (sulfide) groups is 1. The monoisotopic (exact) mass is 459 g/mol. The van der Waals surface area contributed by atoms with Crippen LogP contribution in [-0.2, 0) is 14.8 Å². The van der Waals surface area contributed by atoms with Crippen molar-refractivity contribution in [3.63, 3.8) is 0 Å². The molecular weight excluding hydrogens is 442 g/mol. The van der Waals surface area contributed by atoms with E-state index in [0.717, 1.165) is 15.2 Å². The summed E-state index contributed by atoms with van der Waals surface area (Å²) in [7, 11) is -3.78. The number of nitriles is 1. The molecule has 1 amide bonds. The second kappa shape index (κ2) is 8.69. The van der Waals surface area contributed by atoms with Gasteiger partial charge in [0.2, 0.25) is 15.9 Å². The molecule has 0 aliphatic carbocycles. The lowest BCUT2D eigenvalue weighted by molar-refractivity contribution is -0.129. The number of rotatable bonds is 5. The van der Waals surface area contributed by atoms with Gasteiger partial charge >= 0.3 is 0 Å². The van der Waals surface area contributed by atoms with Crippen molar-refractivity contribution in [2.24, 2.45) is 0 Å². The molecule has 0 spiro atoms. The summed E-state index contributed by atoms with van der Waals surface area (Å²) in [5, 5.41) is 12.8. The van der Waals surface area contributed by atoms with E-state index in [2.05, 4.69) is 9.97 Å². The summed E-state index contributed by atoms with van der Waals surface area (Å²) in [5.74, 6) is 0.169. The predicted molar refractivity (Wildman–Crippen MR) is 115 cm³/mol. The lowest BCUT2D eigenvalue weighted by atomic mass is 10.2. The molecular formula is C19H17N5O3S3. The quantitative estimate of drug-likeness (QED) is 0.425. The van der Waals surface area contributed by atoms with Crippen LogP contribution in [-0.4, -0.2) is 65.4 Å². The number of benzene rings is 1. The first-order valence-corrected chi connectivity index (χ1v) is 12.4. The molecule has 4 rings (SSSR count). The van der Waals surface area contributed by atoms with Crippen LogP contribution in [0.5, 0.6) is 0 Å². The van der Waals surface area contributed by atoms with Crippen LogP contribution in [0, 0.1) is 11.3 Å². The second-order valence-electron chi connectivity index (χ2n) is 6.50. The Morgan fingerprint density at radius 3 is 2.70 bits per heavy atom. The third-order valence-electron chi connectivity index (χ3n) is 4.77. The van der Waals surface area contributed by atoms with E-state index in [9.17, 15) is 18.5 Å². The highest BCUT2D eigenvalue weighted by molar-refractivity contribution is 8.00. The molecule has 2 aromatic heterocycles. The molecule has 1 saturated heterocycles. The van der Waals surface area contributed by atoms with E-state index in [1.54, 1.807) is 17.0 Å². The highest BCUT2D eigenvalue weighted by Gasteiger charge is 2.31. The number of piperazine rings is 1. The lowest BCUT2D eigenvalue weighted by Gasteiger charge is -2.34. The normalized spacial score (nSPS) is 15.2. The number of thiophene rings is 1. The molecule has 3 heterocycles. The van der Waals surface area contributed by atoms with Gasteiger partial charge in [0.15, 0.2) is 0 Å². The van der Waals surface area contributed by atoms with Crippen LogP contribution in [0.25, 0.3) is 10.2 Å². The van der Waals surface area contributed by atoms with Crippen molar-refractivity contribution in [2.75, 3.05) is 31.9 Å². The highest BCUT2D eigenvalue weighted by Crippen LogP contribution is 2.28.